The van der Waals surface area contributed by atoms with Gasteiger partial charge in [-0.05, 0) is 62.8 Å². The van der Waals surface area contributed by atoms with Gasteiger partial charge in [0.05, 0.1) is 11.4 Å². The van der Waals surface area contributed by atoms with Crippen LogP contribution in [0.5, 0.6) is 0 Å². The Hall–Kier alpha value is -1.84. The average molecular weight is 473 g/mol. The SMILES string of the molecule is CCCCCCCCCC(=O)Nc1c(C)c(C)c(C)c(C)c1NC(=O)CCCCCCCCC. The number of carbonyl (C=O) groups is 2. The molecule has 0 atom stereocenters. The summed E-state index contributed by atoms with van der Waals surface area (Å²) in [4.78, 5) is 25.5. The summed E-state index contributed by atoms with van der Waals surface area (Å²) in [5, 5.41) is 6.29. The molecule has 0 aliphatic heterocycles. The first-order chi connectivity index (χ1) is 16.3. The van der Waals surface area contributed by atoms with Crippen LogP contribution in [0.25, 0.3) is 0 Å². The lowest BCUT2D eigenvalue weighted by atomic mass is 9.95. The molecule has 2 N–H and O–H groups in total. The molecule has 4 nitrogen and oxygen atoms in total. The maximum Gasteiger partial charge on any atom is 0.224 e. The molecule has 1 rings (SSSR count). The fourth-order valence-corrected chi connectivity index (χ4v) is 4.51. The van der Waals surface area contributed by atoms with Gasteiger partial charge in [0.15, 0.2) is 0 Å². The van der Waals surface area contributed by atoms with Crippen molar-refractivity contribution in [2.75, 3.05) is 10.6 Å². The summed E-state index contributed by atoms with van der Waals surface area (Å²) in [6, 6.07) is 0. The van der Waals surface area contributed by atoms with Crippen molar-refractivity contribution in [3.05, 3.63) is 22.3 Å². The molecule has 0 unspecified atom stereocenters. The van der Waals surface area contributed by atoms with Gasteiger partial charge in [0.2, 0.25) is 11.8 Å². The van der Waals surface area contributed by atoms with E-state index in [-0.39, 0.29) is 11.8 Å². The van der Waals surface area contributed by atoms with Crippen molar-refractivity contribution in [3.8, 4) is 0 Å². The van der Waals surface area contributed by atoms with Gasteiger partial charge in [-0.1, -0.05) is 90.9 Å². The summed E-state index contributed by atoms with van der Waals surface area (Å²) in [5.74, 6) is 0.0868. The van der Waals surface area contributed by atoms with Crippen molar-refractivity contribution >= 4 is 23.2 Å². The van der Waals surface area contributed by atoms with Gasteiger partial charge >= 0.3 is 0 Å². The van der Waals surface area contributed by atoms with E-state index in [1.54, 1.807) is 0 Å². The van der Waals surface area contributed by atoms with Crippen molar-refractivity contribution in [2.24, 2.45) is 0 Å². The second-order valence-electron chi connectivity index (χ2n) is 10.1. The number of anilines is 2. The van der Waals surface area contributed by atoms with Crippen LogP contribution in [-0.2, 0) is 9.59 Å². The van der Waals surface area contributed by atoms with E-state index in [1.807, 2.05) is 13.8 Å². The van der Waals surface area contributed by atoms with Crippen LogP contribution in [0, 0.1) is 27.7 Å². The van der Waals surface area contributed by atoms with Crippen molar-refractivity contribution in [2.45, 2.75) is 144 Å². The smallest absolute Gasteiger partial charge is 0.224 e. The van der Waals surface area contributed by atoms with Crippen molar-refractivity contribution in [1.29, 1.82) is 0 Å². The Morgan fingerprint density at radius 3 is 1.09 bits per heavy atom. The maximum absolute atomic E-state index is 12.7. The number of benzene rings is 1. The molecule has 4 heteroatoms. The third-order valence-electron chi connectivity index (χ3n) is 7.23. The third kappa shape index (κ3) is 11.1. The molecule has 34 heavy (non-hydrogen) atoms. The fraction of sp³-hybridized carbons (Fsp3) is 0.733. The molecule has 0 aliphatic carbocycles. The Labute approximate surface area is 210 Å². The molecule has 2 amide bonds. The predicted octanol–water partition coefficient (Wildman–Crippen LogP) is 9.08. The molecular formula is C30H52N2O2. The number of carbonyl (C=O) groups excluding carboxylic acids is 2. The lowest BCUT2D eigenvalue weighted by Gasteiger charge is -2.22. The standard InChI is InChI=1S/C30H52N2O2/c1-7-9-11-13-15-17-19-21-27(33)31-29-25(5)23(3)24(4)26(6)30(29)32-28(34)22-20-18-16-14-12-10-8-2/h7-22H2,1-6H3,(H,31,33)(H,32,34). The third-order valence-corrected chi connectivity index (χ3v) is 7.23. The molecule has 0 radical (unpaired) electrons. The minimum Gasteiger partial charge on any atom is -0.324 e. The largest absolute Gasteiger partial charge is 0.324 e. The molecule has 1 aromatic carbocycles. The van der Waals surface area contributed by atoms with Crippen LogP contribution in [0.15, 0.2) is 0 Å². The highest BCUT2D eigenvalue weighted by Gasteiger charge is 2.19. The number of amides is 2. The van der Waals surface area contributed by atoms with E-state index in [2.05, 4.69) is 38.3 Å². The number of rotatable bonds is 18. The zero-order valence-electron chi connectivity index (χ0n) is 23.1. The zero-order valence-corrected chi connectivity index (χ0v) is 23.1. The Balaban J connectivity index is 2.67. The van der Waals surface area contributed by atoms with E-state index in [9.17, 15) is 9.59 Å². The van der Waals surface area contributed by atoms with Gasteiger partial charge in [0, 0.05) is 12.8 Å². The Morgan fingerprint density at radius 1 is 0.471 bits per heavy atom. The molecule has 0 aliphatic rings. The number of hydrogen-bond acceptors (Lipinski definition) is 2. The van der Waals surface area contributed by atoms with Crippen LogP contribution in [0.1, 0.15) is 139 Å². The minimum atomic E-state index is 0.0434. The quantitative estimate of drug-likeness (QED) is 0.209. The van der Waals surface area contributed by atoms with Crippen LogP contribution < -0.4 is 10.6 Å². The second-order valence-corrected chi connectivity index (χ2v) is 10.1. The molecule has 0 fully saturated rings. The van der Waals surface area contributed by atoms with Gasteiger partial charge in [-0.2, -0.15) is 0 Å². The molecular weight excluding hydrogens is 420 g/mol. The van der Waals surface area contributed by atoms with Crippen molar-refractivity contribution < 1.29 is 9.59 Å². The highest BCUT2D eigenvalue weighted by molar-refractivity contribution is 6.02. The number of nitrogens with one attached hydrogen (secondary N) is 2. The van der Waals surface area contributed by atoms with Crippen LogP contribution in [0.3, 0.4) is 0 Å². The highest BCUT2D eigenvalue weighted by Crippen LogP contribution is 2.35. The minimum absolute atomic E-state index is 0.0434. The summed E-state index contributed by atoms with van der Waals surface area (Å²) >= 11 is 0. The Morgan fingerprint density at radius 2 is 0.765 bits per heavy atom. The summed E-state index contributed by atoms with van der Waals surface area (Å²) in [5.41, 5.74) is 6.00. The summed E-state index contributed by atoms with van der Waals surface area (Å²) < 4.78 is 0. The Bertz CT molecular complexity index is 692. The second kappa shape index (κ2) is 17.6. The summed E-state index contributed by atoms with van der Waals surface area (Å²) in [6.45, 7) is 12.7. The molecule has 0 spiro atoms. The van der Waals surface area contributed by atoms with Crippen LogP contribution >= 0.6 is 0 Å². The van der Waals surface area contributed by atoms with E-state index in [0.29, 0.717) is 12.8 Å². The first kappa shape index (κ1) is 30.2. The predicted molar refractivity (Wildman–Crippen MR) is 148 cm³/mol. The molecule has 0 bridgehead atoms. The average Bonchev–Trinajstić information content (AvgIpc) is 2.82. The van der Waals surface area contributed by atoms with Gasteiger partial charge in [-0.15, -0.1) is 0 Å². The Kier molecular flexibility index (Phi) is 15.6. The lowest BCUT2D eigenvalue weighted by Crippen LogP contribution is -2.19. The number of hydrogen-bond donors (Lipinski definition) is 2. The zero-order chi connectivity index (χ0) is 25.3. The van der Waals surface area contributed by atoms with E-state index >= 15 is 0 Å². The first-order valence-corrected chi connectivity index (χ1v) is 14.0. The van der Waals surface area contributed by atoms with E-state index in [0.717, 1.165) is 48.2 Å². The fourth-order valence-electron chi connectivity index (χ4n) is 4.51. The van der Waals surface area contributed by atoms with Crippen molar-refractivity contribution in [1.82, 2.24) is 0 Å². The van der Waals surface area contributed by atoms with Gasteiger partial charge in [0.25, 0.3) is 0 Å². The monoisotopic (exact) mass is 472 g/mol. The van der Waals surface area contributed by atoms with Gasteiger partial charge < -0.3 is 10.6 Å². The van der Waals surface area contributed by atoms with Crippen molar-refractivity contribution in [3.63, 3.8) is 0 Å². The van der Waals surface area contributed by atoms with Crippen LogP contribution in [0.2, 0.25) is 0 Å². The molecule has 0 heterocycles. The van der Waals surface area contributed by atoms with Gasteiger partial charge in [-0.25, -0.2) is 0 Å². The summed E-state index contributed by atoms with van der Waals surface area (Å²) in [7, 11) is 0. The normalized spacial score (nSPS) is 11.0. The van der Waals surface area contributed by atoms with Crippen LogP contribution in [-0.4, -0.2) is 11.8 Å². The molecule has 0 aromatic heterocycles. The molecule has 1 aromatic rings. The molecule has 194 valence electrons. The molecule has 0 saturated heterocycles. The summed E-state index contributed by atoms with van der Waals surface area (Å²) in [6.07, 6.45) is 17.8. The van der Waals surface area contributed by atoms with E-state index in [1.165, 1.54) is 75.3 Å². The highest BCUT2D eigenvalue weighted by atomic mass is 16.2. The maximum atomic E-state index is 12.7. The van der Waals surface area contributed by atoms with E-state index < -0.39 is 0 Å². The first-order valence-electron chi connectivity index (χ1n) is 14.0. The van der Waals surface area contributed by atoms with Gasteiger partial charge in [-0.3, -0.25) is 9.59 Å². The van der Waals surface area contributed by atoms with Gasteiger partial charge in [0.1, 0.15) is 0 Å². The topological polar surface area (TPSA) is 58.2 Å². The van der Waals surface area contributed by atoms with E-state index in [4.69, 9.17) is 0 Å². The number of unbranched alkanes of at least 4 members (excludes halogenated alkanes) is 12. The molecule has 0 saturated carbocycles. The van der Waals surface area contributed by atoms with Crippen LogP contribution in [0.4, 0.5) is 11.4 Å². The lowest BCUT2D eigenvalue weighted by molar-refractivity contribution is -0.117.